The molecule has 0 radical (unpaired) electrons. The van der Waals surface area contributed by atoms with Gasteiger partial charge in [0.05, 0.1) is 24.6 Å². The molecule has 9 heteroatoms. The maximum Gasteiger partial charge on any atom is 0.429 e. The molecule has 0 atom stereocenters. The van der Waals surface area contributed by atoms with Crippen molar-refractivity contribution in [3.63, 3.8) is 0 Å². The van der Waals surface area contributed by atoms with Gasteiger partial charge in [-0.1, -0.05) is 11.1 Å². The number of anilines is 1. The van der Waals surface area contributed by atoms with Crippen molar-refractivity contribution in [1.82, 2.24) is 10.0 Å². The number of hydrogen-bond acceptors (Lipinski definition) is 5. The summed E-state index contributed by atoms with van der Waals surface area (Å²) in [5.74, 6) is 0. The normalized spacial score (nSPS) is 14.4. The molecule has 0 unspecified atom stereocenters. The van der Waals surface area contributed by atoms with Gasteiger partial charge in [0.25, 0.3) is 5.69 Å². The number of non-ortho nitro benzene ring substituents is 1. The number of amides is 3. The average molecular weight is 348 g/mol. The number of nitrogens with zero attached hydrogens (tertiary/aromatic N) is 3. The van der Waals surface area contributed by atoms with Crippen molar-refractivity contribution < 1.29 is 19.2 Å². The van der Waals surface area contributed by atoms with Gasteiger partial charge in [-0.05, 0) is 32.9 Å². The fraction of sp³-hybridized carbons (Fsp3) is 0.375. The zero-order valence-electron chi connectivity index (χ0n) is 14.3. The van der Waals surface area contributed by atoms with Crippen LogP contribution in [0.2, 0.25) is 0 Å². The summed E-state index contributed by atoms with van der Waals surface area (Å²) in [4.78, 5) is 34.8. The number of carbonyl (C=O) groups excluding carboxylic acids is 2. The van der Waals surface area contributed by atoms with E-state index in [0.717, 1.165) is 11.1 Å². The van der Waals surface area contributed by atoms with E-state index in [4.69, 9.17) is 4.74 Å². The number of rotatable bonds is 3. The van der Waals surface area contributed by atoms with Gasteiger partial charge in [0.2, 0.25) is 0 Å². The first-order valence-electron chi connectivity index (χ1n) is 7.76. The SMILES string of the molecule is CCOC(=O)N1CC(C)=C(C)CN1C(=O)Nc1ccc([N+](=O)[O-])cc1. The van der Waals surface area contributed by atoms with Crippen LogP contribution >= 0.6 is 0 Å². The van der Waals surface area contributed by atoms with E-state index in [2.05, 4.69) is 5.32 Å². The molecule has 1 aromatic rings. The van der Waals surface area contributed by atoms with E-state index in [1.165, 1.54) is 34.3 Å². The molecule has 1 aromatic carbocycles. The van der Waals surface area contributed by atoms with Gasteiger partial charge in [-0.3, -0.25) is 10.1 Å². The van der Waals surface area contributed by atoms with Crippen LogP contribution in [0.3, 0.4) is 0 Å². The zero-order valence-corrected chi connectivity index (χ0v) is 14.3. The molecule has 0 aromatic heterocycles. The Hall–Kier alpha value is -3.10. The van der Waals surface area contributed by atoms with Crippen molar-refractivity contribution in [1.29, 1.82) is 0 Å². The second-order valence-corrected chi connectivity index (χ2v) is 5.61. The van der Waals surface area contributed by atoms with Crippen LogP contribution < -0.4 is 5.32 Å². The largest absolute Gasteiger partial charge is 0.448 e. The molecule has 0 fully saturated rings. The Morgan fingerprint density at radius 2 is 1.72 bits per heavy atom. The molecule has 134 valence electrons. The van der Waals surface area contributed by atoms with Gasteiger partial charge in [-0.2, -0.15) is 0 Å². The predicted octanol–water partition coefficient (Wildman–Crippen LogP) is 3.15. The lowest BCUT2D eigenvalue weighted by atomic mass is 10.1. The molecule has 0 saturated heterocycles. The number of benzene rings is 1. The highest BCUT2D eigenvalue weighted by atomic mass is 16.6. The fourth-order valence-corrected chi connectivity index (χ4v) is 2.29. The minimum atomic E-state index is -0.604. The molecule has 9 nitrogen and oxygen atoms in total. The molecule has 1 aliphatic heterocycles. The van der Waals surface area contributed by atoms with Gasteiger partial charge in [-0.15, -0.1) is 0 Å². The monoisotopic (exact) mass is 348 g/mol. The maximum atomic E-state index is 12.6. The minimum Gasteiger partial charge on any atom is -0.448 e. The molecule has 2 rings (SSSR count). The number of urea groups is 1. The minimum absolute atomic E-state index is 0.0708. The van der Waals surface area contributed by atoms with Crippen LogP contribution in [0.4, 0.5) is 21.0 Å². The summed E-state index contributed by atoms with van der Waals surface area (Å²) in [6, 6.07) is 4.94. The van der Waals surface area contributed by atoms with E-state index in [-0.39, 0.29) is 25.4 Å². The molecule has 1 heterocycles. The van der Waals surface area contributed by atoms with E-state index < -0.39 is 17.0 Å². The molecule has 0 spiro atoms. The number of hydrogen-bond donors (Lipinski definition) is 1. The van der Waals surface area contributed by atoms with Crippen LogP contribution in [0.5, 0.6) is 0 Å². The fourth-order valence-electron chi connectivity index (χ4n) is 2.29. The highest BCUT2D eigenvalue weighted by Gasteiger charge is 2.31. The van der Waals surface area contributed by atoms with Crippen LogP contribution in [0.25, 0.3) is 0 Å². The maximum absolute atomic E-state index is 12.6. The smallest absolute Gasteiger partial charge is 0.429 e. The van der Waals surface area contributed by atoms with Crippen LogP contribution in [0, 0.1) is 10.1 Å². The molecule has 1 N–H and O–H groups in total. The molecular formula is C16H20N4O5. The third-order valence-corrected chi connectivity index (χ3v) is 3.84. The molecule has 1 aliphatic rings. The number of nitro groups is 1. The van der Waals surface area contributed by atoms with Crippen molar-refractivity contribution in [3.05, 3.63) is 45.5 Å². The Kier molecular flexibility index (Phi) is 5.58. The Labute approximate surface area is 145 Å². The second-order valence-electron chi connectivity index (χ2n) is 5.61. The van der Waals surface area contributed by atoms with Crippen molar-refractivity contribution in [2.45, 2.75) is 20.8 Å². The topological polar surface area (TPSA) is 105 Å². The summed E-state index contributed by atoms with van der Waals surface area (Å²) >= 11 is 0. The first-order valence-corrected chi connectivity index (χ1v) is 7.76. The van der Waals surface area contributed by atoms with Crippen LogP contribution in [0.15, 0.2) is 35.4 Å². The number of nitro benzene ring substituents is 1. The van der Waals surface area contributed by atoms with Gasteiger partial charge in [0.15, 0.2) is 0 Å². The highest BCUT2D eigenvalue weighted by Crippen LogP contribution is 2.21. The Morgan fingerprint density at radius 3 is 2.24 bits per heavy atom. The van der Waals surface area contributed by atoms with Gasteiger partial charge in [0, 0.05) is 17.8 Å². The van der Waals surface area contributed by atoms with Crippen LogP contribution in [-0.2, 0) is 4.74 Å². The summed E-state index contributed by atoms with van der Waals surface area (Å²) in [7, 11) is 0. The van der Waals surface area contributed by atoms with E-state index in [0.29, 0.717) is 5.69 Å². The predicted molar refractivity (Wildman–Crippen MR) is 90.9 cm³/mol. The summed E-state index contributed by atoms with van der Waals surface area (Å²) in [6.07, 6.45) is -0.604. The standard InChI is InChI=1S/C16H20N4O5/c1-4-25-16(22)19-10-12(3)11(2)9-18(19)15(21)17-13-5-7-14(8-6-13)20(23)24/h5-8H,4,9-10H2,1-3H3,(H,17,21). The van der Waals surface area contributed by atoms with Crippen LogP contribution in [-0.4, -0.2) is 46.8 Å². The van der Waals surface area contributed by atoms with Crippen molar-refractivity contribution in [3.8, 4) is 0 Å². The summed E-state index contributed by atoms with van der Waals surface area (Å²) < 4.78 is 5.01. The highest BCUT2D eigenvalue weighted by molar-refractivity contribution is 5.90. The molecule has 3 amide bonds. The summed E-state index contributed by atoms with van der Waals surface area (Å²) in [5.41, 5.74) is 2.30. The number of carbonyl (C=O) groups is 2. The lowest BCUT2D eigenvalue weighted by Crippen LogP contribution is -2.55. The number of hydrazine groups is 1. The number of nitrogens with one attached hydrogen (secondary N) is 1. The molecule has 0 saturated carbocycles. The summed E-state index contributed by atoms with van der Waals surface area (Å²) in [6.45, 7) is 6.20. The van der Waals surface area contributed by atoms with Crippen molar-refractivity contribution in [2.24, 2.45) is 0 Å². The van der Waals surface area contributed by atoms with E-state index in [1.807, 2.05) is 13.8 Å². The average Bonchev–Trinajstić information content (AvgIpc) is 2.57. The van der Waals surface area contributed by atoms with Crippen LogP contribution in [0.1, 0.15) is 20.8 Å². The van der Waals surface area contributed by atoms with Gasteiger partial charge < -0.3 is 10.1 Å². The van der Waals surface area contributed by atoms with Crippen molar-refractivity contribution >= 4 is 23.5 Å². The first kappa shape index (κ1) is 18.2. The zero-order chi connectivity index (χ0) is 18.6. The lowest BCUT2D eigenvalue weighted by Gasteiger charge is -2.38. The summed E-state index contributed by atoms with van der Waals surface area (Å²) in [5, 5.41) is 15.8. The molecular weight excluding hydrogens is 328 g/mol. The quantitative estimate of drug-likeness (QED) is 0.513. The Morgan fingerprint density at radius 1 is 1.16 bits per heavy atom. The third kappa shape index (κ3) is 4.25. The van der Waals surface area contributed by atoms with Crippen molar-refractivity contribution in [2.75, 3.05) is 25.0 Å². The van der Waals surface area contributed by atoms with Gasteiger partial charge in [0.1, 0.15) is 0 Å². The molecule has 25 heavy (non-hydrogen) atoms. The molecule has 0 aliphatic carbocycles. The second kappa shape index (κ2) is 7.65. The van der Waals surface area contributed by atoms with E-state index >= 15 is 0 Å². The Bertz CT molecular complexity index is 714. The Balaban J connectivity index is 2.16. The molecule has 0 bridgehead atoms. The number of ether oxygens (including phenoxy) is 1. The van der Waals surface area contributed by atoms with Gasteiger partial charge >= 0.3 is 12.1 Å². The third-order valence-electron chi connectivity index (χ3n) is 3.84. The van der Waals surface area contributed by atoms with E-state index in [9.17, 15) is 19.7 Å². The van der Waals surface area contributed by atoms with E-state index in [1.54, 1.807) is 6.92 Å². The first-order chi connectivity index (χ1) is 11.8. The lowest BCUT2D eigenvalue weighted by molar-refractivity contribution is -0.384. The van der Waals surface area contributed by atoms with Gasteiger partial charge in [-0.25, -0.2) is 19.6 Å².